The summed E-state index contributed by atoms with van der Waals surface area (Å²) < 4.78 is 15.8. The van der Waals surface area contributed by atoms with Gasteiger partial charge in [0.15, 0.2) is 5.76 Å². The molecule has 0 aliphatic rings. The van der Waals surface area contributed by atoms with E-state index in [-0.39, 0.29) is 0 Å². The molecule has 23 heavy (non-hydrogen) atoms. The average molecular weight is 314 g/mol. The maximum absolute atomic E-state index is 5.41. The van der Waals surface area contributed by atoms with Crippen LogP contribution in [0.4, 0.5) is 5.95 Å². The minimum Gasteiger partial charge on any atom is -0.469 e. The van der Waals surface area contributed by atoms with E-state index < -0.39 is 0 Å². The Kier molecular flexibility index (Phi) is 4.38. The van der Waals surface area contributed by atoms with Crippen molar-refractivity contribution in [3.8, 4) is 22.6 Å². The Balaban J connectivity index is 2.03. The minimum absolute atomic E-state index is 0.526. The van der Waals surface area contributed by atoms with Crippen LogP contribution in [0.1, 0.15) is 11.5 Å². The van der Waals surface area contributed by atoms with Crippen LogP contribution in [-0.4, -0.2) is 35.4 Å². The molecular weight excluding hydrogens is 296 g/mol. The van der Waals surface area contributed by atoms with Crippen molar-refractivity contribution in [3.63, 3.8) is 0 Å². The summed E-state index contributed by atoms with van der Waals surface area (Å²) in [4.78, 5) is 8.95. The summed E-state index contributed by atoms with van der Waals surface area (Å²) >= 11 is 0. The molecule has 3 aromatic heterocycles. The molecule has 0 saturated heterocycles. The lowest BCUT2D eigenvalue weighted by Crippen LogP contribution is -2.10. The van der Waals surface area contributed by atoms with Gasteiger partial charge in [0.25, 0.3) is 0 Å². The molecule has 0 fully saturated rings. The molecule has 120 valence electrons. The van der Waals surface area contributed by atoms with E-state index in [1.54, 1.807) is 19.6 Å². The van der Waals surface area contributed by atoms with Gasteiger partial charge in [0.2, 0.25) is 5.95 Å². The topological polar surface area (TPSA) is 86.2 Å². The highest BCUT2D eigenvalue weighted by Gasteiger charge is 2.18. The van der Waals surface area contributed by atoms with Crippen molar-refractivity contribution in [3.05, 3.63) is 36.0 Å². The summed E-state index contributed by atoms with van der Waals surface area (Å²) in [5.41, 5.74) is 3.21. The fourth-order valence-corrected chi connectivity index (χ4v) is 2.24. The molecule has 1 N–H and O–H groups in total. The van der Waals surface area contributed by atoms with Crippen LogP contribution in [-0.2, 0) is 4.74 Å². The molecule has 0 atom stereocenters. The lowest BCUT2D eigenvalue weighted by Gasteiger charge is -2.09. The number of aryl methyl sites for hydroxylation is 2. The van der Waals surface area contributed by atoms with Gasteiger partial charge in [0.1, 0.15) is 5.76 Å². The summed E-state index contributed by atoms with van der Waals surface area (Å²) in [6, 6.07) is 3.74. The number of anilines is 1. The molecule has 0 unspecified atom stereocenters. The third kappa shape index (κ3) is 3.24. The SMILES string of the molecule is COCCNc1ncc(-c2cc(C)no2)c(-c2ccoc2C)n1. The van der Waals surface area contributed by atoms with Crippen LogP contribution in [0.25, 0.3) is 22.6 Å². The quantitative estimate of drug-likeness (QED) is 0.700. The summed E-state index contributed by atoms with van der Waals surface area (Å²) in [6.45, 7) is 4.97. The lowest BCUT2D eigenvalue weighted by atomic mass is 10.1. The van der Waals surface area contributed by atoms with Gasteiger partial charge in [-0.15, -0.1) is 0 Å². The van der Waals surface area contributed by atoms with Gasteiger partial charge in [-0.2, -0.15) is 0 Å². The Morgan fingerprint density at radius 1 is 1.26 bits per heavy atom. The molecule has 0 aromatic carbocycles. The van der Waals surface area contributed by atoms with Gasteiger partial charge in [-0.1, -0.05) is 5.16 Å². The van der Waals surface area contributed by atoms with E-state index in [0.717, 1.165) is 28.3 Å². The number of aromatic nitrogens is 3. The van der Waals surface area contributed by atoms with Crippen LogP contribution in [0, 0.1) is 13.8 Å². The molecule has 0 spiro atoms. The standard InChI is InChI=1S/C16H18N4O3/c1-10-8-14(23-20-10)13-9-18-16(17-5-7-21-3)19-15(13)12-4-6-22-11(12)2/h4,6,8-9H,5,7H2,1-3H3,(H,17,18,19). The number of rotatable bonds is 6. The second-order valence-electron chi connectivity index (χ2n) is 5.10. The molecule has 0 saturated carbocycles. The summed E-state index contributed by atoms with van der Waals surface area (Å²) in [6.07, 6.45) is 3.37. The van der Waals surface area contributed by atoms with Crippen molar-refractivity contribution in [2.75, 3.05) is 25.6 Å². The first kappa shape index (κ1) is 15.2. The Labute approximate surface area is 133 Å². The molecule has 0 amide bonds. The van der Waals surface area contributed by atoms with Gasteiger partial charge in [0.05, 0.1) is 29.8 Å². The molecule has 0 bridgehead atoms. The average Bonchev–Trinajstić information content (AvgIpc) is 3.16. The van der Waals surface area contributed by atoms with Crippen LogP contribution in [0.5, 0.6) is 0 Å². The largest absolute Gasteiger partial charge is 0.469 e. The zero-order valence-corrected chi connectivity index (χ0v) is 13.3. The minimum atomic E-state index is 0.526. The molecule has 3 aromatic rings. The smallest absolute Gasteiger partial charge is 0.223 e. The lowest BCUT2D eigenvalue weighted by molar-refractivity contribution is 0.210. The molecule has 7 heteroatoms. The van der Waals surface area contributed by atoms with Gasteiger partial charge >= 0.3 is 0 Å². The summed E-state index contributed by atoms with van der Waals surface area (Å²) in [5.74, 6) is 1.93. The van der Waals surface area contributed by atoms with Crippen LogP contribution >= 0.6 is 0 Å². The second kappa shape index (κ2) is 6.62. The third-order valence-electron chi connectivity index (χ3n) is 3.39. The predicted molar refractivity (Wildman–Crippen MR) is 85.1 cm³/mol. The molecule has 0 radical (unpaired) electrons. The highest BCUT2D eigenvalue weighted by Crippen LogP contribution is 2.33. The highest BCUT2D eigenvalue weighted by atomic mass is 16.5. The zero-order valence-electron chi connectivity index (χ0n) is 13.3. The van der Waals surface area contributed by atoms with Crippen molar-refractivity contribution in [1.82, 2.24) is 15.1 Å². The van der Waals surface area contributed by atoms with Gasteiger partial charge in [-0.05, 0) is 19.9 Å². The maximum Gasteiger partial charge on any atom is 0.223 e. The van der Waals surface area contributed by atoms with Gasteiger partial charge in [-0.25, -0.2) is 9.97 Å². The van der Waals surface area contributed by atoms with Gasteiger partial charge in [0, 0.05) is 31.5 Å². The Morgan fingerprint density at radius 3 is 2.78 bits per heavy atom. The van der Waals surface area contributed by atoms with Crippen molar-refractivity contribution < 1.29 is 13.7 Å². The number of ether oxygens (including phenoxy) is 1. The molecule has 0 aliphatic heterocycles. The second-order valence-corrected chi connectivity index (χ2v) is 5.10. The van der Waals surface area contributed by atoms with Crippen molar-refractivity contribution in [2.24, 2.45) is 0 Å². The zero-order chi connectivity index (χ0) is 16.2. The monoisotopic (exact) mass is 314 g/mol. The van der Waals surface area contributed by atoms with Crippen LogP contribution in [0.3, 0.4) is 0 Å². The number of nitrogens with one attached hydrogen (secondary N) is 1. The first-order chi connectivity index (χ1) is 11.2. The first-order valence-electron chi connectivity index (χ1n) is 7.27. The molecule has 3 rings (SSSR count). The van der Waals surface area contributed by atoms with E-state index in [1.165, 1.54) is 0 Å². The summed E-state index contributed by atoms with van der Waals surface area (Å²) in [5, 5.41) is 7.06. The van der Waals surface area contributed by atoms with E-state index in [4.69, 9.17) is 13.7 Å². The van der Waals surface area contributed by atoms with Gasteiger partial charge < -0.3 is 19.0 Å². The highest BCUT2D eigenvalue weighted by molar-refractivity contribution is 5.79. The van der Waals surface area contributed by atoms with Crippen LogP contribution in [0.2, 0.25) is 0 Å². The molecular formula is C16H18N4O3. The first-order valence-corrected chi connectivity index (χ1v) is 7.27. The van der Waals surface area contributed by atoms with Gasteiger partial charge in [-0.3, -0.25) is 0 Å². The van der Waals surface area contributed by atoms with Crippen molar-refractivity contribution in [1.29, 1.82) is 0 Å². The van der Waals surface area contributed by atoms with E-state index in [9.17, 15) is 0 Å². The van der Waals surface area contributed by atoms with E-state index in [1.807, 2.05) is 26.0 Å². The molecule has 3 heterocycles. The Hall–Kier alpha value is -2.67. The van der Waals surface area contributed by atoms with Crippen LogP contribution in [0.15, 0.2) is 33.5 Å². The Morgan fingerprint density at radius 2 is 2.13 bits per heavy atom. The number of hydrogen-bond acceptors (Lipinski definition) is 7. The van der Waals surface area contributed by atoms with E-state index in [2.05, 4.69) is 20.4 Å². The van der Waals surface area contributed by atoms with Crippen LogP contribution < -0.4 is 5.32 Å². The third-order valence-corrected chi connectivity index (χ3v) is 3.39. The molecule has 0 aliphatic carbocycles. The number of methoxy groups -OCH3 is 1. The maximum atomic E-state index is 5.41. The number of furan rings is 1. The number of nitrogens with zero attached hydrogens (tertiary/aromatic N) is 3. The van der Waals surface area contributed by atoms with E-state index >= 15 is 0 Å². The molecule has 7 nitrogen and oxygen atoms in total. The fraction of sp³-hybridized carbons (Fsp3) is 0.312. The Bertz CT molecular complexity index is 794. The number of hydrogen-bond donors (Lipinski definition) is 1. The normalized spacial score (nSPS) is 10.9. The van der Waals surface area contributed by atoms with Crippen molar-refractivity contribution in [2.45, 2.75) is 13.8 Å². The summed E-state index contributed by atoms with van der Waals surface area (Å²) in [7, 11) is 1.65. The predicted octanol–water partition coefficient (Wildman–Crippen LogP) is 3.07. The van der Waals surface area contributed by atoms with E-state index in [0.29, 0.717) is 24.9 Å². The fourth-order valence-electron chi connectivity index (χ4n) is 2.24. The van der Waals surface area contributed by atoms with Crippen molar-refractivity contribution >= 4 is 5.95 Å².